The first-order valence-electron chi connectivity index (χ1n) is 5.18. The molecule has 0 atom stereocenters. The summed E-state index contributed by atoms with van der Waals surface area (Å²) in [7, 11) is 0. The first-order valence-corrected chi connectivity index (χ1v) is 5.18. The van der Waals surface area contributed by atoms with Gasteiger partial charge < -0.3 is 9.84 Å². The van der Waals surface area contributed by atoms with Crippen molar-refractivity contribution >= 4 is 5.97 Å². The summed E-state index contributed by atoms with van der Waals surface area (Å²) >= 11 is 0. The molecule has 0 aromatic heterocycles. The Labute approximate surface area is 89.7 Å². The van der Waals surface area contributed by atoms with Crippen LogP contribution in [0.4, 0.5) is 0 Å². The van der Waals surface area contributed by atoms with Crippen LogP contribution >= 0.6 is 0 Å². The molecule has 0 unspecified atom stereocenters. The Kier molecular flexibility index (Phi) is 4.16. The molecule has 3 nitrogen and oxygen atoms in total. The maximum atomic E-state index is 11.0. The van der Waals surface area contributed by atoms with Crippen LogP contribution in [0.1, 0.15) is 36.2 Å². The second-order valence-electron chi connectivity index (χ2n) is 3.28. The zero-order valence-electron chi connectivity index (χ0n) is 9.12. The minimum atomic E-state index is -0.934. The van der Waals surface area contributed by atoms with Crippen LogP contribution in [0, 0.1) is 0 Å². The summed E-state index contributed by atoms with van der Waals surface area (Å²) in [6, 6.07) is 5.25. The average molecular weight is 208 g/mol. The van der Waals surface area contributed by atoms with E-state index in [0.717, 1.165) is 18.4 Å². The summed E-state index contributed by atoms with van der Waals surface area (Å²) in [5.41, 5.74) is 1.22. The van der Waals surface area contributed by atoms with Gasteiger partial charge in [0, 0.05) is 0 Å². The van der Waals surface area contributed by atoms with Crippen molar-refractivity contribution in [2.45, 2.75) is 26.7 Å². The standard InChI is InChI=1S/C12H16O3/c1-3-6-9-7-5-8-10(12(13)14)11(9)15-4-2/h5,7-8H,3-4,6H2,1-2H3,(H,13,14). The smallest absolute Gasteiger partial charge is 0.339 e. The highest BCUT2D eigenvalue weighted by atomic mass is 16.5. The van der Waals surface area contributed by atoms with Crippen LogP contribution in [0.5, 0.6) is 5.75 Å². The fourth-order valence-corrected chi connectivity index (χ4v) is 1.53. The van der Waals surface area contributed by atoms with Crippen molar-refractivity contribution < 1.29 is 14.6 Å². The molecule has 82 valence electrons. The number of ether oxygens (including phenoxy) is 1. The van der Waals surface area contributed by atoms with Gasteiger partial charge >= 0.3 is 5.97 Å². The molecule has 0 aliphatic rings. The van der Waals surface area contributed by atoms with E-state index in [1.165, 1.54) is 0 Å². The molecule has 1 rings (SSSR count). The minimum Gasteiger partial charge on any atom is -0.493 e. The lowest BCUT2D eigenvalue weighted by Crippen LogP contribution is -2.05. The monoisotopic (exact) mass is 208 g/mol. The van der Waals surface area contributed by atoms with E-state index in [0.29, 0.717) is 12.4 Å². The number of carboxylic acids is 1. The van der Waals surface area contributed by atoms with E-state index in [2.05, 4.69) is 6.92 Å². The van der Waals surface area contributed by atoms with Crippen molar-refractivity contribution in [3.63, 3.8) is 0 Å². The molecule has 3 heteroatoms. The molecule has 15 heavy (non-hydrogen) atoms. The van der Waals surface area contributed by atoms with Crippen molar-refractivity contribution in [1.82, 2.24) is 0 Å². The van der Waals surface area contributed by atoms with Crippen molar-refractivity contribution in [2.24, 2.45) is 0 Å². The van der Waals surface area contributed by atoms with Crippen molar-refractivity contribution in [2.75, 3.05) is 6.61 Å². The number of aromatic carboxylic acids is 1. The third kappa shape index (κ3) is 2.72. The van der Waals surface area contributed by atoms with Gasteiger partial charge in [-0.1, -0.05) is 25.5 Å². The van der Waals surface area contributed by atoms with Crippen LogP contribution in [0.2, 0.25) is 0 Å². The number of rotatable bonds is 5. The summed E-state index contributed by atoms with van der Waals surface area (Å²) in [6.45, 7) is 4.40. The van der Waals surface area contributed by atoms with Crippen LogP contribution in [-0.4, -0.2) is 17.7 Å². The summed E-state index contributed by atoms with van der Waals surface area (Å²) < 4.78 is 5.40. The molecular formula is C12H16O3. The zero-order valence-corrected chi connectivity index (χ0v) is 9.12. The second-order valence-corrected chi connectivity index (χ2v) is 3.28. The Morgan fingerprint density at radius 2 is 2.13 bits per heavy atom. The Morgan fingerprint density at radius 1 is 1.40 bits per heavy atom. The molecule has 1 aromatic rings. The number of hydrogen-bond donors (Lipinski definition) is 1. The molecule has 0 fully saturated rings. The second kappa shape index (κ2) is 5.39. The first-order chi connectivity index (χ1) is 7.20. The van der Waals surface area contributed by atoms with E-state index in [9.17, 15) is 4.79 Å². The van der Waals surface area contributed by atoms with Crippen LogP contribution in [-0.2, 0) is 6.42 Å². The van der Waals surface area contributed by atoms with Gasteiger partial charge in [0.1, 0.15) is 11.3 Å². The number of carboxylic acid groups (broad SMARTS) is 1. The fraction of sp³-hybridized carbons (Fsp3) is 0.417. The SMILES string of the molecule is CCCc1cccc(C(=O)O)c1OCC. The van der Waals surface area contributed by atoms with E-state index >= 15 is 0 Å². The van der Waals surface area contributed by atoms with E-state index in [4.69, 9.17) is 9.84 Å². The van der Waals surface area contributed by atoms with Gasteiger partial charge in [0.05, 0.1) is 6.61 Å². The summed E-state index contributed by atoms with van der Waals surface area (Å²) in [5.74, 6) is -0.411. The van der Waals surface area contributed by atoms with E-state index in [1.807, 2.05) is 13.0 Å². The van der Waals surface area contributed by atoms with Crippen molar-refractivity contribution in [3.05, 3.63) is 29.3 Å². The van der Waals surface area contributed by atoms with Gasteiger partial charge in [0.2, 0.25) is 0 Å². The highest BCUT2D eigenvalue weighted by Gasteiger charge is 2.14. The number of aryl methyl sites for hydroxylation is 1. The lowest BCUT2D eigenvalue weighted by molar-refractivity contribution is 0.0692. The molecule has 0 aliphatic carbocycles. The van der Waals surface area contributed by atoms with Crippen LogP contribution in [0.15, 0.2) is 18.2 Å². The first kappa shape index (κ1) is 11.6. The molecule has 0 amide bonds. The average Bonchev–Trinajstić information content (AvgIpc) is 2.21. The summed E-state index contributed by atoms with van der Waals surface area (Å²) in [4.78, 5) is 11.0. The predicted octanol–water partition coefficient (Wildman–Crippen LogP) is 2.74. The largest absolute Gasteiger partial charge is 0.493 e. The van der Waals surface area contributed by atoms with Crippen LogP contribution < -0.4 is 4.74 Å². The molecule has 0 saturated heterocycles. The third-order valence-electron chi connectivity index (χ3n) is 2.13. The Hall–Kier alpha value is -1.51. The Bertz CT molecular complexity index is 345. The van der Waals surface area contributed by atoms with Crippen LogP contribution in [0.25, 0.3) is 0 Å². The number of carbonyl (C=O) groups is 1. The normalized spacial score (nSPS) is 10.0. The van der Waals surface area contributed by atoms with Crippen LogP contribution in [0.3, 0.4) is 0 Å². The maximum Gasteiger partial charge on any atom is 0.339 e. The van der Waals surface area contributed by atoms with Gasteiger partial charge in [0.25, 0.3) is 0 Å². The Morgan fingerprint density at radius 3 is 2.67 bits per heavy atom. The number of para-hydroxylation sites is 1. The topological polar surface area (TPSA) is 46.5 Å². The quantitative estimate of drug-likeness (QED) is 0.809. The minimum absolute atomic E-state index is 0.253. The van der Waals surface area contributed by atoms with E-state index in [-0.39, 0.29) is 5.56 Å². The molecule has 1 N–H and O–H groups in total. The van der Waals surface area contributed by atoms with Gasteiger partial charge in [-0.25, -0.2) is 4.79 Å². The molecule has 0 heterocycles. The van der Waals surface area contributed by atoms with Crippen molar-refractivity contribution in [1.29, 1.82) is 0 Å². The molecular weight excluding hydrogens is 192 g/mol. The molecule has 0 spiro atoms. The fourth-order valence-electron chi connectivity index (χ4n) is 1.53. The third-order valence-corrected chi connectivity index (χ3v) is 2.13. The van der Waals surface area contributed by atoms with E-state index < -0.39 is 5.97 Å². The lowest BCUT2D eigenvalue weighted by atomic mass is 10.0. The lowest BCUT2D eigenvalue weighted by Gasteiger charge is -2.12. The molecule has 0 saturated carbocycles. The summed E-state index contributed by atoms with van der Waals surface area (Å²) in [6.07, 6.45) is 1.82. The molecule has 1 aromatic carbocycles. The highest BCUT2D eigenvalue weighted by Crippen LogP contribution is 2.25. The van der Waals surface area contributed by atoms with Gasteiger partial charge in [-0.15, -0.1) is 0 Å². The maximum absolute atomic E-state index is 11.0. The van der Waals surface area contributed by atoms with Gasteiger partial charge in [-0.05, 0) is 25.0 Å². The Balaban J connectivity index is 3.15. The zero-order chi connectivity index (χ0) is 11.3. The number of hydrogen-bond acceptors (Lipinski definition) is 2. The molecule has 0 radical (unpaired) electrons. The van der Waals surface area contributed by atoms with E-state index in [1.54, 1.807) is 12.1 Å². The van der Waals surface area contributed by atoms with Gasteiger partial charge in [0.15, 0.2) is 0 Å². The highest BCUT2D eigenvalue weighted by molar-refractivity contribution is 5.91. The molecule has 0 aliphatic heterocycles. The summed E-state index contributed by atoms with van der Waals surface area (Å²) in [5, 5.41) is 9.00. The number of benzene rings is 1. The van der Waals surface area contributed by atoms with Gasteiger partial charge in [-0.3, -0.25) is 0 Å². The van der Waals surface area contributed by atoms with Crippen molar-refractivity contribution in [3.8, 4) is 5.75 Å². The molecule has 0 bridgehead atoms. The predicted molar refractivity (Wildman–Crippen MR) is 58.6 cm³/mol. The van der Waals surface area contributed by atoms with Gasteiger partial charge in [-0.2, -0.15) is 0 Å².